The monoisotopic (exact) mass is 298 g/mol. The largest absolute Gasteiger partial charge is 0.115 e. The van der Waals surface area contributed by atoms with E-state index in [4.69, 9.17) is 11.6 Å². The number of thioether (sulfide) groups is 1. The smallest absolute Gasteiger partial charge is 0.0556 e. The van der Waals surface area contributed by atoms with Gasteiger partial charge in [-0.15, -0.1) is 11.8 Å². The Bertz CT molecular complexity index is 479. The molecule has 15 heavy (non-hydrogen) atoms. The average Bonchev–Trinajstić information content (AvgIpc) is 2.60. The molecule has 76 valence electrons. The summed E-state index contributed by atoms with van der Waals surface area (Å²) < 4.78 is 1.18. The van der Waals surface area contributed by atoms with E-state index in [0.717, 1.165) is 5.03 Å². The Kier molecular flexibility index (Phi) is 2.46. The van der Waals surface area contributed by atoms with Crippen molar-refractivity contribution in [2.24, 2.45) is 0 Å². The van der Waals surface area contributed by atoms with Gasteiger partial charge in [-0.1, -0.05) is 35.9 Å². The predicted octanol–water partition coefficient (Wildman–Crippen LogP) is 4.70. The van der Waals surface area contributed by atoms with E-state index in [1.165, 1.54) is 14.9 Å². The summed E-state index contributed by atoms with van der Waals surface area (Å²) in [6.45, 7) is 0. The molecule has 1 aromatic carbocycles. The number of halogens is 2. The maximum Gasteiger partial charge on any atom is 0.0556 e. The highest BCUT2D eigenvalue weighted by Crippen LogP contribution is 2.53. The summed E-state index contributed by atoms with van der Waals surface area (Å²) in [5, 5.41) is 1.33. The molecule has 1 aliphatic carbocycles. The Labute approximate surface area is 107 Å². The maximum absolute atomic E-state index is 6.23. The second-order valence-corrected chi connectivity index (χ2v) is 6.10. The van der Waals surface area contributed by atoms with E-state index in [-0.39, 0.29) is 0 Å². The fourth-order valence-corrected chi connectivity index (χ4v) is 4.42. The zero-order chi connectivity index (χ0) is 10.4. The Morgan fingerprint density at radius 1 is 1.33 bits per heavy atom. The summed E-state index contributed by atoms with van der Waals surface area (Å²) in [7, 11) is 0. The predicted molar refractivity (Wildman–Crippen MR) is 69.6 cm³/mol. The lowest BCUT2D eigenvalue weighted by Crippen LogP contribution is -2.10. The van der Waals surface area contributed by atoms with E-state index in [1.54, 1.807) is 0 Å². The first-order valence-electron chi connectivity index (χ1n) is 4.76. The van der Waals surface area contributed by atoms with Crippen molar-refractivity contribution in [1.82, 2.24) is 0 Å². The number of benzene rings is 1. The molecule has 0 saturated carbocycles. The lowest BCUT2D eigenvalue weighted by atomic mass is 9.92. The third kappa shape index (κ3) is 1.50. The second kappa shape index (κ2) is 3.69. The van der Waals surface area contributed by atoms with Gasteiger partial charge in [0.05, 0.1) is 5.25 Å². The quantitative estimate of drug-likeness (QED) is 0.669. The van der Waals surface area contributed by atoms with Crippen LogP contribution in [0.25, 0.3) is 0 Å². The van der Waals surface area contributed by atoms with E-state index in [2.05, 4.69) is 46.3 Å². The molecule has 1 heterocycles. The molecule has 0 amide bonds. The highest BCUT2D eigenvalue weighted by molar-refractivity contribution is 9.10. The molecule has 3 rings (SSSR count). The van der Waals surface area contributed by atoms with E-state index in [0.29, 0.717) is 11.2 Å². The molecule has 2 unspecified atom stereocenters. The third-order valence-corrected chi connectivity index (χ3v) is 5.68. The molecule has 0 nitrogen and oxygen atoms in total. The fourth-order valence-electron chi connectivity index (χ4n) is 2.07. The SMILES string of the molecule is ClC1=CC=CC2c3cccc(Br)c3SC12. The normalized spacial score (nSPS) is 27.2. The van der Waals surface area contributed by atoms with Gasteiger partial charge in [-0.05, 0) is 33.6 Å². The van der Waals surface area contributed by atoms with E-state index >= 15 is 0 Å². The Hall–Kier alpha value is -0.180. The van der Waals surface area contributed by atoms with Gasteiger partial charge in [0.2, 0.25) is 0 Å². The van der Waals surface area contributed by atoms with Crippen molar-refractivity contribution >= 4 is 39.3 Å². The van der Waals surface area contributed by atoms with Crippen LogP contribution in [0.3, 0.4) is 0 Å². The number of hydrogen-bond acceptors (Lipinski definition) is 1. The van der Waals surface area contributed by atoms with Crippen LogP contribution in [0.2, 0.25) is 0 Å². The molecule has 0 spiro atoms. The number of rotatable bonds is 0. The summed E-state index contributed by atoms with van der Waals surface area (Å²) >= 11 is 11.7. The Morgan fingerprint density at radius 3 is 3.07 bits per heavy atom. The molecule has 2 aliphatic rings. The summed E-state index contributed by atoms with van der Waals surface area (Å²) in [6.07, 6.45) is 6.29. The van der Waals surface area contributed by atoms with E-state index < -0.39 is 0 Å². The van der Waals surface area contributed by atoms with Crippen molar-refractivity contribution in [2.45, 2.75) is 16.1 Å². The first kappa shape index (κ1) is 10.0. The lowest BCUT2D eigenvalue weighted by Gasteiger charge is -2.18. The highest BCUT2D eigenvalue weighted by Gasteiger charge is 2.35. The van der Waals surface area contributed by atoms with Crippen molar-refractivity contribution in [3.8, 4) is 0 Å². The summed E-state index contributed by atoms with van der Waals surface area (Å²) in [5.74, 6) is 0.444. The topological polar surface area (TPSA) is 0 Å². The van der Waals surface area contributed by atoms with Crippen LogP contribution in [0, 0.1) is 0 Å². The van der Waals surface area contributed by atoms with Gasteiger partial charge in [0, 0.05) is 20.3 Å². The molecule has 1 aromatic rings. The average molecular weight is 300 g/mol. The summed E-state index contributed by atoms with van der Waals surface area (Å²) in [4.78, 5) is 1.34. The molecule has 0 N–H and O–H groups in total. The molecule has 2 atom stereocenters. The molecule has 0 radical (unpaired) electrons. The first-order valence-corrected chi connectivity index (χ1v) is 6.81. The van der Waals surface area contributed by atoms with E-state index in [1.807, 2.05) is 17.8 Å². The number of allylic oxidation sites excluding steroid dienone is 3. The first-order chi connectivity index (χ1) is 7.27. The molecule has 1 aliphatic heterocycles. The zero-order valence-corrected chi connectivity index (χ0v) is 10.9. The van der Waals surface area contributed by atoms with Gasteiger partial charge >= 0.3 is 0 Å². The zero-order valence-electron chi connectivity index (χ0n) is 7.78. The van der Waals surface area contributed by atoms with E-state index in [9.17, 15) is 0 Å². The molecule has 3 heteroatoms. The maximum atomic E-state index is 6.23. The van der Waals surface area contributed by atoms with Gasteiger partial charge in [0.1, 0.15) is 0 Å². The fraction of sp³-hybridized carbons (Fsp3) is 0.167. The van der Waals surface area contributed by atoms with Crippen LogP contribution >= 0.6 is 39.3 Å². The van der Waals surface area contributed by atoms with Gasteiger partial charge in [-0.2, -0.15) is 0 Å². The molecular weight excluding hydrogens is 292 g/mol. The lowest BCUT2D eigenvalue weighted by molar-refractivity contribution is 0.869. The van der Waals surface area contributed by atoms with Gasteiger partial charge in [0.25, 0.3) is 0 Å². The number of fused-ring (bicyclic) bond motifs is 3. The van der Waals surface area contributed by atoms with Crippen molar-refractivity contribution in [1.29, 1.82) is 0 Å². The van der Waals surface area contributed by atoms with Crippen LogP contribution in [0.15, 0.2) is 50.8 Å². The van der Waals surface area contributed by atoms with Crippen LogP contribution in [0.5, 0.6) is 0 Å². The van der Waals surface area contributed by atoms with Crippen molar-refractivity contribution in [3.63, 3.8) is 0 Å². The molecule has 0 bridgehead atoms. The second-order valence-electron chi connectivity index (χ2n) is 3.66. The van der Waals surface area contributed by atoms with Crippen LogP contribution in [0.4, 0.5) is 0 Å². The van der Waals surface area contributed by atoms with Crippen LogP contribution in [0.1, 0.15) is 11.5 Å². The minimum atomic E-state index is 0.380. The molecule has 0 saturated heterocycles. The Balaban J connectivity index is 2.14. The molecule has 0 aromatic heterocycles. The summed E-state index contributed by atoms with van der Waals surface area (Å²) in [6, 6.07) is 6.37. The Morgan fingerprint density at radius 2 is 2.20 bits per heavy atom. The van der Waals surface area contributed by atoms with Gasteiger partial charge in [-0.3, -0.25) is 0 Å². The van der Waals surface area contributed by atoms with Crippen LogP contribution in [-0.4, -0.2) is 5.25 Å². The standard InChI is InChI=1S/C12H8BrClS/c13-9-5-1-3-7-8-4-2-6-10(14)12(8)15-11(7)9/h1-6,8,12H. The van der Waals surface area contributed by atoms with Crippen LogP contribution in [-0.2, 0) is 0 Å². The van der Waals surface area contributed by atoms with Crippen molar-refractivity contribution in [3.05, 3.63) is 51.5 Å². The highest BCUT2D eigenvalue weighted by atomic mass is 79.9. The third-order valence-electron chi connectivity index (χ3n) is 2.77. The van der Waals surface area contributed by atoms with Crippen molar-refractivity contribution in [2.75, 3.05) is 0 Å². The number of hydrogen-bond donors (Lipinski definition) is 0. The van der Waals surface area contributed by atoms with Gasteiger partial charge in [-0.25, -0.2) is 0 Å². The minimum Gasteiger partial charge on any atom is -0.115 e. The van der Waals surface area contributed by atoms with Gasteiger partial charge in [0.15, 0.2) is 0 Å². The molecule has 0 fully saturated rings. The van der Waals surface area contributed by atoms with Gasteiger partial charge < -0.3 is 0 Å². The van der Waals surface area contributed by atoms with Crippen LogP contribution < -0.4 is 0 Å². The molecular formula is C12H8BrClS. The minimum absolute atomic E-state index is 0.380. The van der Waals surface area contributed by atoms with Crippen molar-refractivity contribution < 1.29 is 0 Å². The summed E-state index contributed by atoms with van der Waals surface area (Å²) in [5.41, 5.74) is 1.39.